The van der Waals surface area contributed by atoms with Gasteiger partial charge in [0, 0.05) is 50.6 Å². The maximum atomic E-state index is 10.3. The number of rotatable bonds is 6. The number of carbonyl (C=O) groups is 2. The minimum absolute atomic E-state index is 0. The summed E-state index contributed by atoms with van der Waals surface area (Å²) in [7, 11) is 0. The van der Waals surface area contributed by atoms with Crippen molar-refractivity contribution in [1.29, 1.82) is 0 Å². The molecule has 0 saturated heterocycles. The van der Waals surface area contributed by atoms with Crippen LogP contribution in [0.5, 0.6) is 0 Å². The van der Waals surface area contributed by atoms with Crippen LogP contribution >= 0.6 is 0 Å². The molecule has 0 bridgehead atoms. The summed E-state index contributed by atoms with van der Waals surface area (Å²) in [5.41, 5.74) is 1.65. The number of aliphatic hydroxyl groups is 2. The predicted molar refractivity (Wildman–Crippen MR) is 93.3 cm³/mol. The molecule has 0 aromatic heterocycles. The fourth-order valence-corrected chi connectivity index (χ4v) is 1.85. The zero-order chi connectivity index (χ0) is 17.9. The first-order valence-corrected chi connectivity index (χ1v) is 7.29. The molecule has 0 aliphatic heterocycles. The standard InChI is InChI=1S/2C9H10O3.Ca/c2*10-8(9(11)12)6-7-4-2-1-3-5-7;/h2*1-5,8,10H,6H2,(H,11,12);/t2*8-;/m00./s1. The zero-order valence-corrected chi connectivity index (χ0v) is 15.9. The number of benzene rings is 2. The summed E-state index contributed by atoms with van der Waals surface area (Å²) in [6, 6.07) is 18.1. The number of aliphatic hydroxyl groups excluding tert-OH is 2. The van der Waals surface area contributed by atoms with Crippen molar-refractivity contribution in [2.45, 2.75) is 25.0 Å². The summed E-state index contributed by atoms with van der Waals surface area (Å²) in [4.78, 5) is 20.5. The van der Waals surface area contributed by atoms with Gasteiger partial charge >= 0.3 is 11.9 Å². The van der Waals surface area contributed by atoms with Gasteiger partial charge in [0.1, 0.15) is 0 Å². The average molecular weight is 372 g/mol. The van der Waals surface area contributed by atoms with Gasteiger partial charge in [-0.05, 0) is 11.1 Å². The van der Waals surface area contributed by atoms with Crippen molar-refractivity contribution in [2.75, 3.05) is 0 Å². The third-order valence-electron chi connectivity index (χ3n) is 3.11. The van der Waals surface area contributed by atoms with Gasteiger partial charge in [0.2, 0.25) is 0 Å². The van der Waals surface area contributed by atoms with E-state index in [-0.39, 0.29) is 50.6 Å². The summed E-state index contributed by atoms with van der Waals surface area (Å²) in [6.07, 6.45) is -2.27. The predicted octanol–water partition coefficient (Wildman–Crippen LogP) is 0.968. The smallest absolute Gasteiger partial charge is 0.332 e. The Bertz CT molecular complexity index is 575. The molecule has 25 heavy (non-hydrogen) atoms. The van der Waals surface area contributed by atoms with Crippen molar-refractivity contribution in [3.05, 3.63) is 71.8 Å². The first-order valence-electron chi connectivity index (χ1n) is 7.29. The van der Waals surface area contributed by atoms with Crippen molar-refractivity contribution in [2.24, 2.45) is 0 Å². The molecule has 130 valence electrons. The van der Waals surface area contributed by atoms with Crippen LogP contribution in [0.3, 0.4) is 0 Å². The van der Waals surface area contributed by atoms with E-state index >= 15 is 0 Å². The van der Waals surface area contributed by atoms with E-state index in [2.05, 4.69) is 0 Å². The van der Waals surface area contributed by atoms with Crippen LogP contribution in [0.4, 0.5) is 0 Å². The summed E-state index contributed by atoms with van der Waals surface area (Å²) in [6.45, 7) is 0. The second kappa shape index (κ2) is 12.9. The molecule has 2 aromatic carbocycles. The van der Waals surface area contributed by atoms with Gasteiger partial charge in [-0.25, -0.2) is 9.59 Å². The van der Waals surface area contributed by atoms with Crippen LogP contribution in [-0.4, -0.2) is 82.3 Å². The molecule has 2 rings (SSSR count). The van der Waals surface area contributed by atoms with Crippen molar-refractivity contribution < 1.29 is 30.0 Å². The molecule has 0 unspecified atom stereocenters. The van der Waals surface area contributed by atoms with E-state index < -0.39 is 24.1 Å². The van der Waals surface area contributed by atoms with Gasteiger partial charge in [0.05, 0.1) is 0 Å². The fourth-order valence-electron chi connectivity index (χ4n) is 1.85. The van der Waals surface area contributed by atoms with Gasteiger partial charge in [0.25, 0.3) is 0 Å². The monoisotopic (exact) mass is 372 g/mol. The second-order valence-electron chi connectivity index (χ2n) is 5.09. The number of hydrogen-bond acceptors (Lipinski definition) is 4. The molecular weight excluding hydrogens is 352 g/mol. The molecule has 6 nitrogen and oxygen atoms in total. The first kappa shape index (κ1) is 23.6. The molecule has 4 N–H and O–H groups in total. The van der Waals surface area contributed by atoms with Crippen LogP contribution in [0.1, 0.15) is 11.1 Å². The molecular formula is C18H20CaO6. The van der Waals surface area contributed by atoms with Crippen molar-refractivity contribution in [3.8, 4) is 0 Å². The van der Waals surface area contributed by atoms with Gasteiger partial charge in [-0.2, -0.15) is 0 Å². The maximum Gasteiger partial charge on any atom is 0.332 e. The van der Waals surface area contributed by atoms with Crippen LogP contribution in [0.2, 0.25) is 0 Å². The van der Waals surface area contributed by atoms with E-state index in [1.165, 1.54) is 0 Å². The Kier molecular flexibility index (Phi) is 12.1. The topological polar surface area (TPSA) is 115 Å². The molecule has 7 heteroatoms. The van der Waals surface area contributed by atoms with Gasteiger partial charge in [-0.1, -0.05) is 60.7 Å². The van der Waals surface area contributed by atoms with Crippen molar-refractivity contribution in [3.63, 3.8) is 0 Å². The third-order valence-corrected chi connectivity index (χ3v) is 3.11. The molecule has 2 radical (unpaired) electrons. The van der Waals surface area contributed by atoms with E-state index in [0.29, 0.717) is 0 Å². The molecule has 0 fully saturated rings. The number of carboxylic acid groups (broad SMARTS) is 2. The van der Waals surface area contributed by atoms with Gasteiger partial charge in [-0.3, -0.25) is 0 Å². The summed E-state index contributed by atoms with van der Waals surface area (Å²) in [5, 5.41) is 34.7. The Morgan fingerprint density at radius 1 is 0.680 bits per heavy atom. The molecule has 0 spiro atoms. The number of carboxylic acids is 2. The Hall–Kier alpha value is -1.44. The molecule has 2 aromatic rings. The van der Waals surface area contributed by atoms with Gasteiger partial charge in [-0.15, -0.1) is 0 Å². The van der Waals surface area contributed by atoms with Gasteiger partial charge in [0.15, 0.2) is 12.2 Å². The maximum absolute atomic E-state index is 10.3. The van der Waals surface area contributed by atoms with Crippen LogP contribution in [0.15, 0.2) is 60.7 Å². The van der Waals surface area contributed by atoms with E-state index in [4.69, 9.17) is 20.4 Å². The summed E-state index contributed by atoms with van der Waals surface area (Å²) >= 11 is 0. The number of hydrogen-bond donors (Lipinski definition) is 4. The average Bonchev–Trinajstić information content (AvgIpc) is 2.57. The molecule has 0 saturated carbocycles. The van der Waals surface area contributed by atoms with E-state index in [9.17, 15) is 9.59 Å². The molecule has 0 aliphatic carbocycles. The molecule has 0 heterocycles. The Labute approximate surface area is 175 Å². The van der Waals surface area contributed by atoms with Crippen LogP contribution in [0.25, 0.3) is 0 Å². The fraction of sp³-hybridized carbons (Fsp3) is 0.222. The third kappa shape index (κ3) is 10.2. The zero-order valence-electron chi connectivity index (χ0n) is 13.7. The second-order valence-corrected chi connectivity index (χ2v) is 5.09. The van der Waals surface area contributed by atoms with Crippen LogP contribution < -0.4 is 0 Å². The Balaban J connectivity index is 0.000000443. The number of aliphatic carboxylic acids is 2. The SMILES string of the molecule is O=C(O)[C@@H](O)Cc1ccccc1.O=C(O)[C@@H](O)Cc1ccccc1.[Ca]. The van der Waals surface area contributed by atoms with Crippen LogP contribution in [-0.2, 0) is 22.4 Å². The summed E-state index contributed by atoms with van der Waals surface area (Å²) < 4.78 is 0. The van der Waals surface area contributed by atoms with Gasteiger partial charge < -0.3 is 20.4 Å². The molecule has 2 atom stereocenters. The minimum atomic E-state index is -1.30. The first-order chi connectivity index (χ1) is 11.4. The van der Waals surface area contributed by atoms with Crippen LogP contribution in [0, 0.1) is 0 Å². The minimum Gasteiger partial charge on any atom is -0.479 e. The molecule has 0 aliphatic rings. The largest absolute Gasteiger partial charge is 0.479 e. The normalized spacial score (nSPS) is 11.9. The Morgan fingerprint density at radius 2 is 0.960 bits per heavy atom. The summed E-state index contributed by atoms with van der Waals surface area (Å²) in [5.74, 6) is -2.36. The quantitative estimate of drug-likeness (QED) is 0.562. The van der Waals surface area contributed by atoms with Crippen molar-refractivity contribution >= 4 is 49.7 Å². The van der Waals surface area contributed by atoms with E-state index in [0.717, 1.165) is 11.1 Å². The molecule has 0 amide bonds. The Morgan fingerprint density at radius 3 is 1.20 bits per heavy atom. The van der Waals surface area contributed by atoms with E-state index in [1.807, 2.05) is 36.4 Å². The van der Waals surface area contributed by atoms with E-state index in [1.54, 1.807) is 24.3 Å². The van der Waals surface area contributed by atoms with Crippen molar-refractivity contribution in [1.82, 2.24) is 0 Å².